The monoisotopic (exact) mass is 391 g/mol. The van der Waals surface area contributed by atoms with Crippen molar-refractivity contribution >= 4 is 29.2 Å². The average molecular weight is 391 g/mol. The zero-order chi connectivity index (χ0) is 20.5. The molecule has 1 unspecified atom stereocenters. The molecule has 0 fully saturated rings. The van der Waals surface area contributed by atoms with Crippen molar-refractivity contribution in [3.8, 4) is 0 Å². The highest BCUT2D eigenvalue weighted by Gasteiger charge is 2.64. The van der Waals surface area contributed by atoms with Gasteiger partial charge in [0.1, 0.15) is 5.54 Å². The lowest BCUT2D eigenvalue weighted by atomic mass is 9.80. The number of carbonyl (C=O) groups excluding carboxylic acids is 3. The third-order valence-corrected chi connectivity index (χ3v) is 5.69. The molecule has 0 saturated heterocycles. The highest BCUT2D eigenvalue weighted by molar-refractivity contribution is 6.16. The number of hydrogen-bond donors (Lipinski definition) is 0. The molecular weight excluding hydrogens is 374 g/mol. The van der Waals surface area contributed by atoms with Crippen molar-refractivity contribution < 1.29 is 23.9 Å². The minimum atomic E-state index is -1.15. The van der Waals surface area contributed by atoms with E-state index in [0.717, 1.165) is 0 Å². The fourth-order valence-corrected chi connectivity index (χ4v) is 4.50. The van der Waals surface area contributed by atoms with Crippen molar-refractivity contribution in [3.63, 3.8) is 0 Å². The van der Waals surface area contributed by atoms with E-state index in [1.807, 2.05) is 6.07 Å². The summed E-state index contributed by atoms with van der Waals surface area (Å²) in [5.41, 5.74) is 1.27. The number of fused-ring (bicyclic) bond motifs is 5. The summed E-state index contributed by atoms with van der Waals surface area (Å²) in [4.78, 5) is 39.2. The molecule has 0 N–H and O–H groups in total. The van der Waals surface area contributed by atoms with E-state index < -0.39 is 17.5 Å². The number of rotatable bonds is 2. The molecule has 2 aromatic carbocycles. The molecule has 5 rings (SSSR count). The van der Waals surface area contributed by atoms with Crippen molar-refractivity contribution in [1.82, 2.24) is 5.12 Å². The molecule has 8 heteroatoms. The van der Waals surface area contributed by atoms with Crippen LogP contribution < -0.4 is 10.0 Å². The number of benzene rings is 2. The summed E-state index contributed by atoms with van der Waals surface area (Å²) < 4.78 is 10.1. The van der Waals surface area contributed by atoms with Crippen molar-refractivity contribution in [2.24, 2.45) is 0 Å². The topological polar surface area (TPSA) is 79.4 Å². The van der Waals surface area contributed by atoms with Gasteiger partial charge in [-0.1, -0.05) is 30.3 Å². The maximum absolute atomic E-state index is 13.4. The maximum Gasteiger partial charge on any atom is 0.356 e. The van der Waals surface area contributed by atoms with Crippen LogP contribution in [0, 0.1) is 0 Å². The first-order valence-corrected chi connectivity index (χ1v) is 9.01. The number of esters is 2. The van der Waals surface area contributed by atoms with Crippen LogP contribution in [-0.2, 0) is 24.6 Å². The van der Waals surface area contributed by atoms with Gasteiger partial charge >= 0.3 is 11.9 Å². The van der Waals surface area contributed by atoms with Crippen molar-refractivity contribution in [3.05, 3.63) is 70.9 Å². The predicted molar refractivity (Wildman–Crippen MR) is 102 cm³/mol. The number of hydrogen-bond acceptors (Lipinski definition) is 7. The molecule has 8 nitrogen and oxygen atoms in total. The number of anilines is 2. The van der Waals surface area contributed by atoms with Gasteiger partial charge in [0.2, 0.25) is 0 Å². The van der Waals surface area contributed by atoms with Gasteiger partial charge in [-0.2, -0.15) is 0 Å². The molecule has 0 aromatic heterocycles. The number of para-hydroxylation sites is 2. The van der Waals surface area contributed by atoms with Gasteiger partial charge in [0.05, 0.1) is 31.2 Å². The molecule has 0 radical (unpaired) electrons. The number of carbonyl (C=O) groups is 3. The second-order valence-electron chi connectivity index (χ2n) is 7.03. The van der Waals surface area contributed by atoms with E-state index in [4.69, 9.17) is 9.47 Å². The van der Waals surface area contributed by atoms with Crippen LogP contribution in [0.1, 0.15) is 22.8 Å². The number of hydrazine groups is 2. The molecule has 1 atom stereocenters. The van der Waals surface area contributed by atoms with E-state index in [9.17, 15) is 14.4 Å². The largest absolute Gasteiger partial charge is 0.466 e. The van der Waals surface area contributed by atoms with Gasteiger partial charge in [0, 0.05) is 5.56 Å². The Morgan fingerprint density at radius 2 is 1.45 bits per heavy atom. The molecule has 2 aromatic rings. The Morgan fingerprint density at radius 3 is 2.10 bits per heavy atom. The molecule has 3 heterocycles. The van der Waals surface area contributed by atoms with E-state index in [1.54, 1.807) is 59.5 Å². The quantitative estimate of drug-likeness (QED) is 0.726. The van der Waals surface area contributed by atoms with Gasteiger partial charge in [0.25, 0.3) is 5.91 Å². The molecule has 0 saturated carbocycles. The molecular formula is C21H17N3O5. The van der Waals surface area contributed by atoms with Gasteiger partial charge < -0.3 is 9.47 Å². The summed E-state index contributed by atoms with van der Waals surface area (Å²) in [6.45, 7) is 1.80. The first-order valence-electron chi connectivity index (χ1n) is 9.01. The van der Waals surface area contributed by atoms with Gasteiger partial charge in [-0.15, -0.1) is 5.12 Å². The third kappa shape index (κ3) is 1.88. The molecule has 29 heavy (non-hydrogen) atoms. The molecule has 0 spiro atoms. The zero-order valence-electron chi connectivity index (χ0n) is 16.0. The third-order valence-electron chi connectivity index (χ3n) is 5.69. The Bertz CT molecular complexity index is 1140. The van der Waals surface area contributed by atoms with Crippen LogP contribution in [0.5, 0.6) is 0 Å². The summed E-state index contributed by atoms with van der Waals surface area (Å²) in [6, 6.07) is 14.3. The van der Waals surface area contributed by atoms with E-state index >= 15 is 0 Å². The fraction of sp³-hybridized carbons (Fsp3) is 0.190. The molecule has 146 valence electrons. The SMILES string of the molecule is COC(=O)C1=C(C(=O)OC)C2(C)c3ccccc3C(=O)N3c4ccccc4N1N32. The fourth-order valence-electron chi connectivity index (χ4n) is 4.50. The van der Waals surface area contributed by atoms with Crippen molar-refractivity contribution in [2.75, 3.05) is 24.2 Å². The van der Waals surface area contributed by atoms with Crippen molar-refractivity contribution in [1.29, 1.82) is 0 Å². The normalized spacial score (nSPS) is 21.7. The van der Waals surface area contributed by atoms with E-state index in [2.05, 4.69) is 0 Å². The Balaban J connectivity index is 1.94. The van der Waals surface area contributed by atoms with Crippen LogP contribution in [0.3, 0.4) is 0 Å². The molecule has 3 aliphatic rings. The van der Waals surface area contributed by atoms with E-state index in [1.165, 1.54) is 19.2 Å². The summed E-state index contributed by atoms with van der Waals surface area (Å²) in [6.07, 6.45) is 0. The first-order chi connectivity index (χ1) is 14.0. The smallest absolute Gasteiger partial charge is 0.356 e. The van der Waals surface area contributed by atoms with E-state index in [-0.39, 0.29) is 17.2 Å². The highest BCUT2D eigenvalue weighted by atomic mass is 16.5. The van der Waals surface area contributed by atoms with Crippen LogP contribution in [0.25, 0.3) is 0 Å². The second kappa shape index (κ2) is 5.68. The van der Waals surface area contributed by atoms with Gasteiger partial charge in [-0.25, -0.2) is 19.6 Å². The van der Waals surface area contributed by atoms with Gasteiger partial charge in [0.15, 0.2) is 5.70 Å². The number of amides is 1. The lowest BCUT2D eigenvalue weighted by Gasteiger charge is -2.45. The molecule has 0 bridgehead atoms. The van der Waals surface area contributed by atoms with Gasteiger partial charge in [-0.3, -0.25) is 4.79 Å². The maximum atomic E-state index is 13.4. The van der Waals surface area contributed by atoms with Gasteiger partial charge in [-0.05, 0) is 30.7 Å². The summed E-state index contributed by atoms with van der Waals surface area (Å²) in [7, 11) is 2.51. The van der Waals surface area contributed by atoms with Crippen LogP contribution in [-0.4, -0.2) is 37.2 Å². The lowest BCUT2D eigenvalue weighted by Crippen LogP contribution is -2.61. The van der Waals surface area contributed by atoms with Crippen LogP contribution >= 0.6 is 0 Å². The Kier molecular flexibility index (Phi) is 3.42. The first kappa shape index (κ1) is 17.4. The lowest BCUT2D eigenvalue weighted by molar-refractivity contribution is -0.139. The molecule has 0 aliphatic carbocycles. The number of nitrogens with zero attached hydrogens (tertiary/aromatic N) is 3. The summed E-state index contributed by atoms with van der Waals surface area (Å²) in [5.74, 6) is -1.60. The highest BCUT2D eigenvalue weighted by Crippen LogP contribution is 2.58. The van der Waals surface area contributed by atoms with Crippen LogP contribution in [0.2, 0.25) is 0 Å². The minimum Gasteiger partial charge on any atom is -0.466 e. The predicted octanol–water partition coefficient (Wildman–Crippen LogP) is 2.13. The second-order valence-corrected chi connectivity index (χ2v) is 7.03. The zero-order valence-corrected chi connectivity index (χ0v) is 16.0. The summed E-state index contributed by atoms with van der Waals surface area (Å²) >= 11 is 0. The molecule has 3 aliphatic heterocycles. The Hall–Kier alpha value is -3.65. The standard InChI is InChI=1S/C21H17N3O5/c1-21-13-9-5-4-8-12(13)18(25)23-15-11-7-6-10-14(15)22(24(21)23)17(20(27)29-3)16(21)19(26)28-2/h4-11H,1-3H3. The number of methoxy groups -OCH3 is 2. The Morgan fingerprint density at radius 1 is 0.862 bits per heavy atom. The number of ether oxygens (including phenoxy) is 2. The van der Waals surface area contributed by atoms with Crippen molar-refractivity contribution in [2.45, 2.75) is 12.5 Å². The van der Waals surface area contributed by atoms with Crippen LogP contribution in [0.4, 0.5) is 11.4 Å². The summed E-state index contributed by atoms with van der Waals surface area (Å²) in [5, 5.41) is 4.71. The van der Waals surface area contributed by atoms with E-state index in [0.29, 0.717) is 22.5 Å². The minimum absolute atomic E-state index is 0.0290. The average Bonchev–Trinajstić information content (AvgIpc) is 3.24. The molecule has 1 amide bonds. The van der Waals surface area contributed by atoms with Crippen LogP contribution in [0.15, 0.2) is 59.8 Å². The Labute approximate surface area is 166 Å².